The molecule has 2 aromatic rings. The molecule has 0 aliphatic heterocycles. The lowest BCUT2D eigenvalue weighted by atomic mass is 10.1. The number of hydrogen-bond acceptors (Lipinski definition) is 2. The highest BCUT2D eigenvalue weighted by Crippen LogP contribution is 2.24. The van der Waals surface area contributed by atoms with E-state index < -0.39 is 0 Å². The second-order valence-corrected chi connectivity index (χ2v) is 5.28. The molecule has 0 amide bonds. The van der Waals surface area contributed by atoms with Gasteiger partial charge in [-0.05, 0) is 30.7 Å². The van der Waals surface area contributed by atoms with Gasteiger partial charge in [-0.2, -0.15) is 0 Å². The van der Waals surface area contributed by atoms with Crippen molar-refractivity contribution in [3.05, 3.63) is 65.0 Å². The first kappa shape index (κ1) is 13.1. The summed E-state index contributed by atoms with van der Waals surface area (Å²) in [7, 11) is 0. The molecule has 2 rings (SSSR count). The highest BCUT2D eigenvalue weighted by molar-refractivity contribution is 7.98. The van der Waals surface area contributed by atoms with Crippen LogP contribution in [-0.4, -0.2) is 0 Å². The number of benzene rings is 2. The lowest BCUT2D eigenvalue weighted by molar-refractivity contribution is 0.610. The van der Waals surface area contributed by atoms with Gasteiger partial charge in [0.2, 0.25) is 0 Å². The maximum absolute atomic E-state index is 13.3. The average Bonchev–Trinajstić information content (AvgIpc) is 2.38. The van der Waals surface area contributed by atoms with E-state index in [4.69, 9.17) is 5.73 Å². The van der Waals surface area contributed by atoms with Gasteiger partial charge in [0.05, 0.1) is 0 Å². The Morgan fingerprint density at radius 1 is 1.17 bits per heavy atom. The van der Waals surface area contributed by atoms with Gasteiger partial charge in [-0.3, -0.25) is 0 Å². The number of nitrogens with two attached hydrogens (primary N) is 1. The zero-order valence-corrected chi connectivity index (χ0v) is 11.1. The van der Waals surface area contributed by atoms with Crippen molar-refractivity contribution in [2.24, 2.45) is 5.73 Å². The Balaban J connectivity index is 2.06. The van der Waals surface area contributed by atoms with Gasteiger partial charge in [-0.25, -0.2) is 4.39 Å². The summed E-state index contributed by atoms with van der Waals surface area (Å²) >= 11 is 1.75. The van der Waals surface area contributed by atoms with E-state index in [2.05, 4.69) is 25.1 Å². The first-order valence-corrected chi connectivity index (χ1v) is 6.84. The average molecular weight is 261 g/mol. The van der Waals surface area contributed by atoms with Crippen LogP contribution < -0.4 is 5.73 Å². The molecule has 0 aromatic heterocycles. The molecule has 3 heteroatoms. The Bertz CT molecular complexity index is 540. The first-order chi connectivity index (χ1) is 8.69. The van der Waals surface area contributed by atoms with Crippen molar-refractivity contribution in [3.8, 4) is 0 Å². The summed E-state index contributed by atoms with van der Waals surface area (Å²) in [5.41, 5.74) is 8.43. The van der Waals surface area contributed by atoms with Crippen molar-refractivity contribution in [3.63, 3.8) is 0 Å². The molecule has 0 saturated carbocycles. The van der Waals surface area contributed by atoms with Gasteiger partial charge in [0.15, 0.2) is 0 Å². The molecular formula is C15H16FNS. The molecule has 0 saturated heterocycles. The number of hydrogen-bond donors (Lipinski definition) is 1. The van der Waals surface area contributed by atoms with Crippen molar-refractivity contribution in [2.45, 2.75) is 24.1 Å². The number of aryl methyl sites for hydroxylation is 1. The molecule has 2 aromatic carbocycles. The summed E-state index contributed by atoms with van der Waals surface area (Å²) in [6.07, 6.45) is 0. The minimum absolute atomic E-state index is 0.221. The van der Waals surface area contributed by atoms with Gasteiger partial charge in [0, 0.05) is 22.8 Å². The molecule has 0 atom stereocenters. The van der Waals surface area contributed by atoms with E-state index in [1.165, 1.54) is 16.5 Å². The highest BCUT2D eigenvalue weighted by Gasteiger charge is 2.02. The van der Waals surface area contributed by atoms with Crippen molar-refractivity contribution in [1.29, 1.82) is 0 Å². The monoisotopic (exact) mass is 261 g/mol. The van der Waals surface area contributed by atoms with E-state index in [1.807, 2.05) is 18.2 Å². The molecular weight excluding hydrogens is 245 g/mol. The third-order valence-corrected chi connectivity index (χ3v) is 3.79. The fourth-order valence-corrected chi connectivity index (χ4v) is 2.70. The lowest BCUT2D eigenvalue weighted by Crippen LogP contribution is -2.00. The van der Waals surface area contributed by atoms with Crippen molar-refractivity contribution in [1.82, 2.24) is 0 Å². The zero-order chi connectivity index (χ0) is 13.0. The van der Waals surface area contributed by atoms with Gasteiger partial charge >= 0.3 is 0 Å². The molecule has 18 heavy (non-hydrogen) atoms. The molecule has 0 unspecified atom stereocenters. The predicted molar refractivity (Wildman–Crippen MR) is 75.0 cm³/mol. The normalized spacial score (nSPS) is 10.6. The highest BCUT2D eigenvalue weighted by atomic mass is 32.2. The third kappa shape index (κ3) is 3.34. The summed E-state index contributed by atoms with van der Waals surface area (Å²) in [6, 6.07) is 13.5. The Morgan fingerprint density at radius 2 is 2.00 bits per heavy atom. The third-order valence-electron chi connectivity index (χ3n) is 2.73. The maximum Gasteiger partial charge on any atom is 0.127 e. The fraction of sp³-hybridized carbons (Fsp3) is 0.200. The van der Waals surface area contributed by atoms with Crippen molar-refractivity contribution in [2.75, 3.05) is 0 Å². The van der Waals surface area contributed by atoms with E-state index in [9.17, 15) is 4.39 Å². The van der Waals surface area contributed by atoms with Gasteiger partial charge in [-0.1, -0.05) is 29.8 Å². The van der Waals surface area contributed by atoms with E-state index in [0.29, 0.717) is 5.56 Å². The summed E-state index contributed by atoms with van der Waals surface area (Å²) in [4.78, 5) is 1.23. The Morgan fingerprint density at radius 3 is 2.72 bits per heavy atom. The van der Waals surface area contributed by atoms with Gasteiger partial charge in [0.25, 0.3) is 0 Å². The minimum atomic E-state index is -0.221. The van der Waals surface area contributed by atoms with E-state index >= 15 is 0 Å². The van der Waals surface area contributed by atoms with Gasteiger partial charge in [-0.15, -0.1) is 11.8 Å². The molecule has 94 valence electrons. The zero-order valence-electron chi connectivity index (χ0n) is 10.3. The summed E-state index contributed by atoms with van der Waals surface area (Å²) in [5.74, 6) is 0.610. The molecule has 0 spiro atoms. The van der Waals surface area contributed by atoms with Gasteiger partial charge < -0.3 is 5.73 Å². The van der Waals surface area contributed by atoms with Crippen LogP contribution in [0.2, 0.25) is 0 Å². The van der Waals surface area contributed by atoms with Crippen LogP contribution in [-0.2, 0) is 12.3 Å². The Kier molecular flexibility index (Phi) is 4.39. The van der Waals surface area contributed by atoms with Crippen LogP contribution in [0, 0.1) is 12.7 Å². The topological polar surface area (TPSA) is 26.0 Å². The number of rotatable bonds is 4. The Labute approximate surface area is 111 Å². The SMILES string of the molecule is Cc1cccc(SCc2ccc(F)c(CN)c2)c1. The number of thioether (sulfide) groups is 1. The van der Waals surface area contributed by atoms with Crippen LogP contribution in [0.3, 0.4) is 0 Å². The van der Waals surface area contributed by atoms with Gasteiger partial charge in [0.1, 0.15) is 5.82 Å². The lowest BCUT2D eigenvalue weighted by Gasteiger charge is -2.06. The number of halogens is 1. The second-order valence-electron chi connectivity index (χ2n) is 4.24. The van der Waals surface area contributed by atoms with Crippen LogP contribution in [0.25, 0.3) is 0 Å². The molecule has 0 radical (unpaired) electrons. The van der Waals surface area contributed by atoms with E-state index in [1.54, 1.807) is 11.8 Å². The largest absolute Gasteiger partial charge is 0.326 e. The molecule has 2 N–H and O–H groups in total. The molecule has 0 aliphatic rings. The second kappa shape index (κ2) is 6.03. The molecule has 0 fully saturated rings. The molecule has 0 aliphatic carbocycles. The van der Waals surface area contributed by atoms with Crippen molar-refractivity contribution < 1.29 is 4.39 Å². The van der Waals surface area contributed by atoms with Crippen LogP contribution in [0.4, 0.5) is 4.39 Å². The first-order valence-electron chi connectivity index (χ1n) is 5.86. The molecule has 1 nitrogen and oxygen atoms in total. The van der Waals surface area contributed by atoms with E-state index in [-0.39, 0.29) is 12.4 Å². The van der Waals surface area contributed by atoms with Crippen LogP contribution in [0.15, 0.2) is 47.4 Å². The smallest absolute Gasteiger partial charge is 0.127 e. The fourth-order valence-electron chi connectivity index (χ4n) is 1.75. The summed E-state index contributed by atoms with van der Waals surface area (Å²) in [5, 5.41) is 0. The van der Waals surface area contributed by atoms with E-state index in [0.717, 1.165) is 11.3 Å². The molecule has 0 heterocycles. The van der Waals surface area contributed by atoms with Crippen LogP contribution >= 0.6 is 11.8 Å². The van der Waals surface area contributed by atoms with Crippen molar-refractivity contribution >= 4 is 11.8 Å². The Hall–Kier alpha value is -1.32. The minimum Gasteiger partial charge on any atom is -0.326 e. The summed E-state index contributed by atoms with van der Waals surface area (Å²) in [6.45, 7) is 2.32. The molecule has 0 bridgehead atoms. The predicted octanol–water partition coefficient (Wildman–Crippen LogP) is 3.89. The van der Waals surface area contributed by atoms with Crippen LogP contribution in [0.5, 0.6) is 0 Å². The maximum atomic E-state index is 13.3. The standard InChI is InChI=1S/C15H16FNS/c1-11-3-2-4-14(7-11)18-10-12-5-6-15(16)13(8-12)9-17/h2-8H,9-10,17H2,1H3. The van der Waals surface area contributed by atoms with Crippen LogP contribution in [0.1, 0.15) is 16.7 Å². The quantitative estimate of drug-likeness (QED) is 0.845. The summed E-state index contributed by atoms with van der Waals surface area (Å²) < 4.78 is 13.3.